The van der Waals surface area contributed by atoms with Crippen molar-refractivity contribution in [2.45, 2.75) is 0 Å². The zero-order valence-electron chi connectivity index (χ0n) is 33.9. The number of para-hydroxylation sites is 1. The second kappa shape index (κ2) is 14.8. The van der Waals surface area contributed by atoms with Crippen molar-refractivity contribution in [3.05, 3.63) is 237 Å². The maximum absolute atomic E-state index is 6.26. The summed E-state index contributed by atoms with van der Waals surface area (Å²) < 4.78 is 6.26. The topological polar surface area (TPSA) is 16.4 Å². The summed E-state index contributed by atoms with van der Waals surface area (Å²) in [5.74, 6) is 0. The molecule has 0 amide bonds. The molecule has 11 aromatic carbocycles. The van der Waals surface area contributed by atoms with Crippen molar-refractivity contribution in [2.75, 3.05) is 4.90 Å². The number of anilines is 3. The van der Waals surface area contributed by atoms with E-state index in [4.69, 9.17) is 4.42 Å². The Hall–Kier alpha value is -8.20. The van der Waals surface area contributed by atoms with E-state index >= 15 is 0 Å². The molecule has 0 aliphatic rings. The average molecular weight is 790 g/mol. The van der Waals surface area contributed by atoms with E-state index in [0.29, 0.717) is 0 Å². The van der Waals surface area contributed by atoms with Gasteiger partial charge in [0.25, 0.3) is 0 Å². The van der Waals surface area contributed by atoms with Crippen LogP contribution < -0.4 is 4.90 Å². The van der Waals surface area contributed by atoms with Gasteiger partial charge in [-0.15, -0.1) is 0 Å². The standard InChI is InChI=1S/C60H39NO/c1-2-11-46-37-48(25-23-40(46)9-1)42-21-19-41(20-22-42)47-12-7-13-53(39-47)61(52-34-29-45(30-35-52)56-16-8-18-59-60(56)57-15-5-6-17-58(57)62-59)51-32-27-43(28-33-51)49-31-36-55-50(38-49)26-24-44-10-3-4-14-54(44)55/h1-39H. The lowest BCUT2D eigenvalue weighted by Gasteiger charge is -2.26. The highest BCUT2D eigenvalue weighted by atomic mass is 16.3. The Labute approximate surface area is 360 Å². The quantitative estimate of drug-likeness (QED) is 0.150. The van der Waals surface area contributed by atoms with E-state index in [0.717, 1.165) is 55.7 Å². The van der Waals surface area contributed by atoms with Gasteiger partial charge >= 0.3 is 0 Å². The van der Waals surface area contributed by atoms with Crippen molar-refractivity contribution in [2.24, 2.45) is 0 Å². The lowest BCUT2D eigenvalue weighted by Crippen LogP contribution is -2.10. The molecule has 0 aliphatic heterocycles. The summed E-state index contributed by atoms with van der Waals surface area (Å²) in [5.41, 5.74) is 14.5. The van der Waals surface area contributed by atoms with Crippen LogP contribution >= 0.6 is 0 Å². The van der Waals surface area contributed by atoms with Crippen LogP contribution in [0.1, 0.15) is 0 Å². The fourth-order valence-electron chi connectivity index (χ4n) is 9.30. The van der Waals surface area contributed by atoms with Crippen LogP contribution in [0.2, 0.25) is 0 Å². The Bertz CT molecular complexity index is 3620. The molecule has 1 aromatic heterocycles. The summed E-state index contributed by atoms with van der Waals surface area (Å²) in [6, 6.07) is 85.5. The summed E-state index contributed by atoms with van der Waals surface area (Å²) in [4.78, 5) is 2.36. The molecule has 0 fully saturated rings. The Kier molecular flexibility index (Phi) is 8.53. The molecule has 2 heteroatoms. The van der Waals surface area contributed by atoms with Crippen molar-refractivity contribution < 1.29 is 4.42 Å². The van der Waals surface area contributed by atoms with Gasteiger partial charge in [0.1, 0.15) is 11.2 Å². The molecule has 0 spiro atoms. The van der Waals surface area contributed by atoms with E-state index in [2.05, 4.69) is 229 Å². The normalized spacial score (nSPS) is 11.5. The molecule has 0 saturated carbocycles. The van der Waals surface area contributed by atoms with Crippen LogP contribution in [-0.4, -0.2) is 0 Å². The third kappa shape index (κ3) is 6.29. The Morgan fingerprint density at radius 2 is 0.758 bits per heavy atom. The van der Waals surface area contributed by atoms with Crippen LogP contribution in [0.4, 0.5) is 17.1 Å². The summed E-state index contributed by atoms with van der Waals surface area (Å²) in [7, 11) is 0. The number of hydrogen-bond donors (Lipinski definition) is 0. The monoisotopic (exact) mass is 789 g/mol. The highest BCUT2D eigenvalue weighted by molar-refractivity contribution is 6.12. The van der Waals surface area contributed by atoms with Gasteiger partial charge < -0.3 is 9.32 Å². The van der Waals surface area contributed by atoms with E-state index in [1.807, 2.05) is 12.1 Å². The van der Waals surface area contributed by atoms with Gasteiger partial charge in [-0.05, 0) is 137 Å². The van der Waals surface area contributed by atoms with Crippen LogP contribution in [0.3, 0.4) is 0 Å². The molecule has 12 aromatic rings. The van der Waals surface area contributed by atoms with Crippen molar-refractivity contribution in [1.29, 1.82) is 0 Å². The van der Waals surface area contributed by atoms with E-state index in [9.17, 15) is 0 Å². The van der Waals surface area contributed by atoms with E-state index in [-0.39, 0.29) is 0 Å². The zero-order chi connectivity index (χ0) is 41.0. The van der Waals surface area contributed by atoms with Gasteiger partial charge in [-0.25, -0.2) is 0 Å². The third-order valence-corrected chi connectivity index (χ3v) is 12.4. The number of furan rings is 1. The van der Waals surface area contributed by atoms with Gasteiger partial charge in [0.2, 0.25) is 0 Å². The molecule has 290 valence electrons. The summed E-state index contributed by atoms with van der Waals surface area (Å²) in [6.45, 7) is 0. The Morgan fingerprint density at radius 3 is 1.52 bits per heavy atom. The largest absolute Gasteiger partial charge is 0.456 e. The summed E-state index contributed by atoms with van der Waals surface area (Å²) >= 11 is 0. The first-order chi connectivity index (χ1) is 30.7. The lowest BCUT2D eigenvalue weighted by molar-refractivity contribution is 0.669. The molecule has 12 rings (SSSR count). The molecular weight excluding hydrogens is 751 g/mol. The summed E-state index contributed by atoms with van der Waals surface area (Å²) in [6.07, 6.45) is 0. The Morgan fingerprint density at radius 1 is 0.258 bits per heavy atom. The summed E-state index contributed by atoms with van der Waals surface area (Å²) in [5, 5.41) is 9.85. The van der Waals surface area contributed by atoms with Crippen molar-refractivity contribution in [1.82, 2.24) is 0 Å². The van der Waals surface area contributed by atoms with E-state index in [1.165, 1.54) is 60.1 Å². The third-order valence-electron chi connectivity index (χ3n) is 12.4. The Balaban J connectivity index is 0.922. The number of benzene rings is 11. The first-order valence-electron chi connectivity index (χ1n) is 21.2. The molecule has 0 radical (unpaired) electrons. The molecule has 0 N–H and O–H groups in total. The van der Waals surface area contributed by atoms with Gasteiger partial charge in [0, 0.05) is 27.8 Å². The number of fused-ring (bicyclic) bond motifs is 7. The molecule has 0 aliphatic carbocycles. The minimum Gasteiger partial charge on any atom is -0.456 e. The van der Waals surface area contributed by atoms with Gasteiger partial charge in [0.05, 0.1) is 0 Å². The molecule has 62 heavy (non-hydrogen) atoms. The highest BCUT2D eigenvalue weighted by Crippen LogP contribution is 2.41. The molecule has 0 saturated heterocycles. The van der Waals surface area contributed by atoms with Crippen LogP contribution in [0.25, 0.3) is 98.8 Å². The molecular formula is C60H39NO. The lowest BCUT2D eigenvalue weighted by atomic mass is 9.97. The van der Waals surface area contributed by atoms with Crippen LogP contribution in [0.15, 0.2) is 241 Å². The van der Waals surface area contributed by atoms with Crippen LogP contribution in [-0.2, 0) is 0 Å². The molecule has 0 atom stereocenters. The van der Waals surface area contributed by atoms with Gasteiger partial charge in [-0.2, -0.15) is 0 Å². The predicted molar refractivity (Wildman–Crippen MR) is 263 cm³/mol. The van der Waals surface area contributed by atoms with Crippen LogP contribution in [0, 0.1) is 0 Å². The molecule has 2 nitrogen and oxygen atoms in total. The maximum Gasteiger partial charge on any atom is 0.136 e. The van der Waals surface area contributed by atoms with Crippen molar-refractivity contribution in [3.8, 4) is 44.5 Å². The number of hydrogen-bond acceptors (Lipinski definition) is 2. The first kappa shape index (κ1) is 35.7. The second-order valence-electron chi connectivity index (χ2n) is 16.1. The minimum absolute atomic E-state index is 0.899. The van der Waals surface area contributed by atoms with Gasteiger partial charge in [0.15, 0.2) is 0 Å². The SMILES string of the molecule is c1cc(-c2ccc(-c3ccc4ccccc4c3)cc2)cc(N(c2ccc(-c3ccc4c(ccc5ccccc54)c3)cc2)c2ccc(-c3cccc4oc5ccccc5c34)cc2)c1. The predicted octanol–water partition coefficient (Wildman–Crippen LogP) is 17.2. The van der Waals surface area contributed by atoms with Gasteiger partial charge in [-0.1, -0.05) is 176 Å². The number of rotatable bonds is 7. The first-order valence-corrected chi connectivity index (χ1v) is 21.2. The fourth-order valence-corrected chi connectivity index (χ4v) is 9.30. The smallest absolute Gasteiger partial charge is 0.136 e. The average Bonchev–Trinajstić information content (AvgIpc) is 3.73. The molecule has 1 heterocycles. The minimum atomic E-state index is 0.899. The highest BCUT2D eigenvalue weighted by Gasteiger charge is 2.17. The maximum atomic E-state index is 6.26. The number of nitrogens with zero attached hydrogens (tertiary/aromatic N) is 1. The molecule has 0 bridgehead atoms. The van der Waals surface area contributed by atoms with Crippen molar-refractivity contribution in [3.63, 3.8) is 0 Å². The van der Waals surface area contributed by atoms with Crippen LogP contribution in [0.5, 0.6) is 0 Å². The van der Waals surface area contributed by atoms with Crippen molar-refractivity contribution >= 4 is 71.3 Å². The van der Waals surface area contributed by atoms with E-state index in [1.54, 1.807) is 0 Å². The van der Waals surface area contributed by atoms with E-state index < -0.39 is 0 Å². The van der Waals surface area contributed by atoms with Gasteiger partial charge in [-0.3, -0.25) is 0 Å². The second-order valence-corrected chi connectivity index (χ2v) is 16.1. The molecule has 0 unspecified atom stereocenters. The fraction of sp³-hybridized carbons (Fsp3) is 0. The zero-order valence-corrected chi connectivity index (χ0v) is 33.9.